The maximum atomic E-state index is 11.2. The first-order chi connectivity index (χ1) is 13.4. The van der Waals surface area contributed by atoms with Gasteiger partial charge in [0.2, 0.25) is 11.9 Å². The Balaban J connectivity index is 1.80. The zero-order valence-electron chi connectivity index (χ0n) is 15.7. The van der Waals surface area contributed by atoms with Crippen molar-refractivity contribution >= 4 is 46.3 Å². The Morgan fingerprint density at radius 2 is 1.75 bits per heavy atom. The van der Waals surface area contributed by atoms with Crippen molar-refractivity contribution in [1.29, 1.82) is 0 Å². The van der Waals surface area contributed by atoms with Gasteiger partial charge < -0.3 is 20.7 Å². The third-order valence-corrected chi connectivity index (χ3v) is 4.01. The molecule has 28 heavy (non-hydrogen) atoms. The van der Waals surface area contributed by atoms with Crippen LogP contribution in [0.3, 0.4) is 0 Å². The molecule has 144 valence electrons. The molecule has 0 aliphatic rings. The normalized spacial score (nSPS) is 10.3. The largest absolute Gasteiger partial charge is 0.495 e. The summed E-state index contributed by atoms with van der Waals surface area (Å²) in [5.74, 6) is 1.53. The molecule has 1 amide bonds. The molecular formula is C20H20ClN5O2. The van der Waals surface area contributed by atoms with Gasteiger partial charge in [-0.1, -0.05) is 17.7 Å². The van der Waals surface area contributed by atoms with Crippen molar-refractivity contribution in [1.82, 2.24) is 9.97 Å². The molecule has 0 atom stereocenters. The third kappa shape index (κ3) is 5.11. The number of aryl methyl sites for hydroxylation is 1. The van der Waals surface area contributed by atoms with Crippen LogP contribution in [0, 0.1) is 6.92 Å². The monoisotopic (exact) mass is 397 g/mol. The molecule has 8 heteroatoms. The molecule has 3 aromatic rings. The number of nitrogens with one attached hydrogen (secondary N) is 3. The standard InChI is InChI=1S/C20H20ClN5O2/c1-12-9-19(24-16-7-8-18(28-3)17(21)11-16)26-20(22-12)25-15-6-4-5-14(10-15)23-13(2)27/h4-11H,1-3H3,(H,23,27)(H2,22,24,25,26). The molecular weight excluding hydrogens is 378 g/mol. The van der Waals surface area contributed by atoms with Crippen LogP contribution in [-0.2, 0) is 4.79 Å². The van der Waals surface area contributed by atoms with E-state index in [4.69, 9.17) is 16.3 Å². The fourth-order valence-electron chi connectivity index (χ4n) is 2.59. The smallest absolute Gasteiger partial charge is 0.229 e. The average molecular weight is 398 g/mol. The fraction of sp³-hybridized carbons (Fsp3) is 0.150. The molecule has 2 aromatic carbocycles. The van der Waals surface area contributed by atoms with E-state index >= 15 is 0 Å². The maximum Gasteiger partial charge on any atom is 0.229 e. The minimum atomic E-state index is -0.131. The Kier molecular flexibility index (Phi) is 5.96. The van der Waals surface area contributed by atoms with E-state index in [1.54, 1.807) is 19.2 Å². The van der Waals surface area contributed by atoms with Crippen LogP contribution in [0.5, 0.6) is 5.75 Å². The van der Waals surface area contributed by atoms with E-state index < -0.39 is 0 Å². The zero-order chi connectivity index (χ0) is 20.1. The topological polar surface area (TPSA) is 88.2 Å². The van der Waals surface area contributed by atoms with Gasteiger partial charge in [-0.2, -0.15) is 4.98 Å². The summed E-state index contributed by atoms with van der Waals surface area (Å²) in [5.41, 5.74) is 3.02. The van der Waals surface area contributed by atoms with E-state index in [-0.39, 0.29) is 5.91 Å². The molecule has 0 radical (unpaired) electrons. The predicted molar refractivity (Wildman–Crippen MR) is 112 cm³/mol. The number of methoxy groups -OCH3 is 1. The van der Waals surface area contributed by atoms with Crippen LogP contribution in [0.1, 0.15) is 12.6 Å². The number of nitrogens with zero attached hydrogens (tertiary/aromatic N) is 2. The molecule has 1 heterocycles. The predicted octanol–water partition coefficient (Wildman–Crippen LogP) is 4.89. The first-order valence-electron chi connectivity index (χ1n) is 8.54. The van der Waals surface area contributed by atoms with E-state index in [1.807, 2.05) is 43.3 Å². The number of amides is 1. The Morgan fingerprint density at radius 3 is 2.46 bits per heavy atom. The Bertz CT molecular complexity index is 1010. The SMILES string of the molecule is COc1ccc(Nc2cc(C)nc(Nc3cccc(NC(C)=O)c3)n2)cc1Cl. The van der Waals surface area contributed by atoms with Crippen molar-refractivity contribution in [3.63, 3.8) is 0 Å². The number of rotatable bonds is 6. The number of carbonyl (C=O) groups excluding carboxylic acids is 1. The van der Waals surface area contributed by atoms with Crippen molar-refractivity contribution < 1.29 is 9.53 Å². The minimum absolute atomic E-state index is 0.131. The molecule has 3 rings (SSSR count). The van der Waals surface area contributed by atoms with E-state index in [0.717, 1.165) is 17.1 Å². The summed E-state index contributed by atoms with van der Waals surface area (Å²) in [4.78, 5) is 20.1. The second kappa shape index (κ2) is 8.58. The lowest BCUT2D eigenvalue weighted by Gasteiger charge is -2.12. The van der Waals surface area contributed by atoms with Gasteiger partial charge in [-0.15, -0.1) is 0 Å². The number of hydrogen-bond acceptors (Lipinski definition) is 6. The van der Waals surface area contributed by atoms with Crippen LogP contribution < -0.4 is 20.7 Å². The minimum Gasteiger partial charge on any atom is -0.495 e. The van der Waals surface area contributed by atoms with Gasteiger partial charge in [0, 0.05) is 35.7 Å². The van der Waals surface area contributed by atoms with Crippen LogP contribution in [-0.4, -0.2) is 23.0 Å². The summed E-state index contributed by atoms with van der Waals surface area (Å²) in [6.45, 7) is 3.35. The quantitative estimate of drug-likeness (QED) is 0.548. The second-order valence-electron chi connectivity index (χ2n) is 6.08. The fourth-order valence-corrected chi connectivity index (χ4v) is 2.85. The highest BCUT2D eigenvalue weighted by molar-refractivity contribution is 6.32. The van der Waals surface area contributed by atoms with Crippen LogP contribution in [0.15, 0.2) is 48.5 Å². The van der Waals surface area contributed by atoms with Gasteiger partial charge in [0.05, 0.1) is 12.1 Å². The molecule has 3 N–H and O–H groups in total. The van der Waals surface area contributed by atoms with Gasteiger partial charge >= 0.3 is 0 Å². The average Bonchev–Trinajstić information content (AvgIpc) is 2.61. The summed E-state index contributed by atoms with van der Waals surface area (Å²) in [6.07, 6.45) is 0. The number of anilines is 5. The number of benzene rings is 2. The lowest BCUT2D eigenvalue weighted by Crippen LogP contribution is -2.06. The lowest BCUT2D eigenvalue weighted by atomic mass is 10.2. The molecule has 0 saturated carbocycles. The maximum absolute atomic E-state index is 11.2. The van der Waals surface area contributed by atoms with E-state index in [9.17, 15) is 4.79 Å². The summed E-state index contributed by atoms with van der Waals surface area (Å²) >= 11 is 6.18. The third-order valence-electron chi connectivity index (χ3n) is 3.72. The molecule has 0 fully saturated rings. The molecule has 7 nitrogen and oxygen atoms in total. The van der Waals surface area contributed by atoms with Crippen molar-refractivity contribution in [3.8, 4) is 5.75 Å². The molecule has 0 aliphatic heterocycles. The summed E-state index contributed by atoms with van der Waals surface area (Å²) in [6, 6.07) is 14.6. The highest BCUT2D eigenvalue weighted by Gasteiger charge is 2.07. The number of carbonyl (C=O) groups is 1. The second-order valence-corrected chi connectivity index (χ2v) is 6.49. The van der Waals surface area contributed by atoms with Gasteiger partial charge in [-0.05, 0) is 43.3 Å². The van der Waals surface area contributed by atoms with E-state index in [0.29, 0.717) is 28.2 Å². The highest BCUT2D eigenvalue weighted by atomic mass is 35.5. The number of halogens is 1. The van der Waals surface area contributed by atoms with Crippen molar-refractivity contribution in [2.24, 2.45) is 0 Å². The van der Waals surface area contributed by atoms with Gasteiger partial charge in [0.15, 0.2) is 0 Å². The molecule has 0 saturated heterocycles. The molecule has 0 spiro atoms. The van der Waals surface area contributed by atoms with Crippen molar-refractivity contribution in [2.45, 2.75) is 13.8 Å². The zero-order valence-corrected chi connectivity index (χ0v) is 16.5. The van der Waals surface area contributed by atoms with E-state index in [1.165, 1.54) is 6.92 Å². The molecule has 0 unspecified atom stereocenters. The summed E-state index contributed by atoms with van der Waals surface area (Å²) in [7, 11) is 1.57. The Labute approximate surface area is 168 Å². The van der Waals surface area contributed by atoms with Gasteiger partial charge in [0.1, 0.15) is 11.6 Å². The van der Waals surface area contributed by atoms with Crippen molar-refractivity contribution in [3.05, 3.63) is 59.2 Å². The first-order valence-corrected chi connectivity index (χ1v) is 8.91. The van der Waals surface area contributed by atoms with Crippen LogP contribution in [0.4, 0.5) is 28.8 Å². The molecule has 0 aliphatic carbocycles. The highest BCUT2D eigenvalue weighted by Crippen LogP contribution is 2.29. The Morgan fingerprint density at radius 1 is 1.00 bits per heavy atom. The summed E-state index contributed by atoms with van der Waals surface area (Å²) in [5, 5.41) is 9.62. The number of hydrogen-bond donors (Lipinski definition) is 3. The first kappa shape index (κ1) is 19.4. The lowest BCUT2D eigenvalue weighted by molar-refractivity contribution is -0.114. The van der Waals surface area contributed by atoms with Gasteiger partial charge in [0.25, 0.3) is 0 Å². The Hall–Kier alpha value is -3.32. The van der Waals surface area contributed by atoms with Crippen LogP contribution in [0.25, 0.3) is 0 Å². The van der Waals surface area contributed by atoms with E-state index in [2.05, 4.69) is 25.9 Å². The van der Waals surface area contributed by atoms with Gasteiger partial charge in [-0.25, -0.2) is 4.98 Å². The number of ether oxygens (including phenoxy) is 1. The number of aromatic nitrogens is 2. The molecule has 0 bridgehead atoms. The van der Waals surface area contributed by atoms with Crippen molar-refractivity contribution in [2.75, 3.05) is 23.1 Å². The van der Waals surface area contributed by atoms with Gasteiger partial charge in [-0.3, -0.25) is 4.79 Å². The van der Waals surface area contributed by atoms with Crippen LogP contribution >= 0.6 is 11.6 Å². The van der Waals surface area contributed by atoms with Crippen LogP contribution in [0.2, 0.25) is 5.02 Å². The summed E-state index contributed by atoms with van der Waals surface area (Å²) < 4.78 is 5.17. The molecule has 1 aromatic heterocycles.